The Labute approximate surface area is 138 Å². The van der Waals surface area contributed by atoms with Gasteiger partial charge in [0.2, 0.25) is 17.1 Å². The molecule has 0 radical (unpaired) electrons. The maximum Gasteiger partial charge on any atom is 0.449 e. The third-order valence-corrected chi connectivity index (χ3v) is 3.04. The topological polar surface area (TPSA) is 88.6 Å². The Balaban J connectivity index is 1.90. The van der Waals surface area contributed by atoms with Gasteiger partial charge in [-0.05, 0) is 36.7 Å². The van der Waals surface area contributed by atoms with E-state index < -0.39 is 12.0 Å². The van der Waals surface area contributed by atoms with Gasteiger partial charge in [-0.2, -0.15) is 28.1 Å². The number of rotatable bonds is 4. The molecule has 0 saturated carbocycles. The predicted octanol–water partition coefficient (Wildman–Crippen LogP) is 3.56. The molecule has 126 valence electrons. The minimum atomic E-state index is -4.54. The zero-order chi connectivity index (χ0) is 17.3. The van der Waals surface area contributed by atoms with E-state index in [1.807, 2.05) is 0 Å². The Morgan fingerprint density at radius 1 is 1.21 bits per heavy atom. The van der Waals surface area contributed by atoms with Crippen molar-refractivity contribution < 1.29 is 17.9 Å². The van der Waals surface area contributed by atoms with Crippen LogP contribution in [0.4, 0.5) is 24.8 Å². The number of aromatic nitrogens is 5. The average molecular weight is 359 g/mol. The number of benzene rings is 1. The van der Waals surface area contributed by atoms with Crippen LogP contribution < -0.4 is 10.1 Å². The Morgan fingerprint density at radius 2 is 2.00 bits per heavy atom. The van der Waals surface area contributed by atoms with Crippen molar-refractivity contribution in [3.8, 4) is 6.01 Å². The molecule has 0 bridgehead atoms. The minimum absolute atomic E-state index is 0.0435. The number of alkyl halides is 3. The number of fused-ring (bicyclic) bond motifs is 1. The monoisotopic (exact) mass is 358 g/mol. The number of H-pyrrole nitrogens is 1. The van der Waals surface area contributed by atoms with Gasteiger partial charge in [-0.1, -0.05) is 0 Å². The summed E-state index contributed by atoms with van der Waals surface area (Å²) < 4.78 is 43.2. The number of halogens is 4. The molecule has 0 fully saturated rings. The molecule has 3 rings (SSSR count). The lowest BCUT2D eigenvalue weighted by atomic mass is 10.3. The van der Waals surface area contributed by atoms with Crippen molar-refractivity contribution in [1.82, 2.24) is 24.9 Å². The molecule has 1 aromatic carbocycles. The summed E-state index contributed by atoms with van der Waals surface area (Å²) in [5.74, 6) is -0.954. The fourth-order valence-electron chi connectivity index (χ4n) is 1.93. The van der Waals surface area contributed by atoms with Gasteiger partial charge in [-0.3, -0.25) is 0 Å². The SMILES string of the molecule is CCOc1nc(Cl)nc(Nc2ccc3nc(C(F)(F)F)[nH]c3c2)n1. The second-order valence-corrected chi connectivity index (χ2v) is 4.92. The minimum Gasteiger partial charge on any atom is -0.464 e. The van der Waals surface area contributed by atoms with E-state index in [2.05, 4.69) is 30.2 Å². The molecule has 3 aromatic rings. The standard InChI is InChI=1S/C13H10ClF3N6O/c1-2-24-12-22-10(14)21-11(23-12)18-6-3-4-7-8(5-6)20-9(19-7)13(15,16)17/h3-5H,2H2,1H3,(H,19,20)(H,18,21,22,23). The normalized spacial score (nSPS) is 11.7. The van der Waals surface area contributed by atoms with E-state index in [0.717, 1.165) is 0 Å². The first-order chi connectivity index (χ1) is 11.3. The van der Waals surface area contributed by atoms with Crippen molar-refractivity contribution in [3.05, 3.63) is 29.3 Å². The summed E-state index contributed by atoms with van der Waals surface area (Å²) in [4.78, 5) is 17.4. The number of aromatic amines is 1. The molecule has 0 spiro atoms. The van der Waals surface area contributed by atoms with Gasteiger partial charge >= 0.3 is 12.2 Å². The summed E-state index contributed by atoms with van der Waals surface area (Å²) in [6, 6.07) is 4.48. The van der Waals surface area contributed by atoms with Gasteiger partial charge in [0.25, 0.3) is 0 Å². The fourth-order valence-corrected chi connectivity index (χ4v) is 2.08. The smallest absolute Gasteiger partial charge is 0.449 e. The number of anilines is 2. The Kier molecular flexibility index (Phi) is 4.14. The van der Waals surface area contributed by atoms with E-state index in [4.69, 9.17) is 16.3 Å². The van der Waals surface area contributed by atoms with Crippen molar-refractivity contribution >= 4 is 34.3 Å². The molecule has 0 aliphatic rings. The predicted molar refractivity (Wildman–Crippen MR) is 80.4 cm³/mol. The number of nitrogens with zero attached hydrogens (tertiary/aromatic N) is 4. The summed E-state index contributed by atoms with van der Waals surface area (Å²) in [5.41, 5.74) is 0.860. The number of imidazole rings is 1. The van der Waals surface area contributed by atoms with Crippen LogP contribution in [0.25, 0.3) is 11.0 Å². The summed E-state index contributed by atoms with van der Waals surface area (Å²) >= 11 is 5.78. The molecule has 0 amide bonds. The van der Waals surface area contributed by atoms with Crippen molar-refractivity contribution in [2.75, 3.05) is 11.9 Å². The molecular formula is C13H10ClF3N6O. The molecule has 11 heteroatoms. The van der Waals surface area contributed by atoms with Gasteiger partial charge in [-0.25, -0.2) is 4.98 Å². The molecular weight excluding hydrogens is 349 g/mol. The van der Waals surface area contributed by atoms with Crippen molar-refractivity contribution in [2.45, 2.75) is 13.1 Å². The Bertz CT molecular complexity index is 882. The highest BCUT2D eigenvalue weighted by molar-refractivity contribution is 6.28. The van der Waals surface area contributed by atoms with Gasteiger partial charge in [0.1, 0.15) is 0 Å². The van der Waals surface area contributed by atoms with E-state index in [0.29, 0.717) is 12.3 Å². The zero-order valence-corrected chi connectivity index (χ0v) is 12.9. The third-order valence-electron chi connectivity index (χ3n) is 2.87. The molecule has 2 aromatic heterocycles. The van der Waals surface area contributed by atoms with Crippen molar-refractivity contribution in [1.29, 1.82) is 0 Å². The van der Waals surface area contributed by atoms with Gasteiger partial charge in [0.05, 0.1) is 17.6 Å². The summed E-state index contributed by atoms with van der Waals surface area (Å²) in [6.45, 7) is 2.11. The first kappa shape index (κ1) is 16.2. The molecule has 7 nitrogen and oxygen atoms in total. The van der Waals surface area contributed by atoms with Crippen LogP contribution in [0, 0.1) is 0 Å². The van der Waals surface area contributed by atoms with E-state index in [1.54, 1.807) is 13.0 Å². The van der Waals surface area contributed by atoms with Crippen LogP contribution in [-0.4, -0.2) is 31.5 Å². The molecule has 0 atom stereocenters. The lowest BCUT2D eigenvalue weighted by molar-refractivity contribution is -0.144. The molecule has 0 aliphatic carbocycles. The maximum absolute atomic E-state index is 12.7. The number of nitrogens with one attached hydrogen (secondary N) is 2. The highest BCUT2D eigenvalue weighted by Crippen LogP contribution is 2.29. The van der Waals surface area contributed by atoms with Gasteiger partial charge < -0.3 is 15.0 Å². The Hall–Kier alpha value is -2.62. The van der Waals surface area contributed by atoms with E-state index >= 15 is 0 Å². The lowest BCUT2D eigenvalue weighted by Crippen LogP contribution is -2.06. The quantitative estimate of drug-likeness (QED) is 0.741. The maximum atomic E-state index is 12.7. The summed E-state index contributed by atoms with van der Waals surface area (Å²) in [5, 5.41) is 2.76. The molecule has 24 heavy (non-hydrogen) atoms. The number of hydrogen-bond donors (Lipinski definition) is 2. The van der Waals surface area contributed by atoms with Crippen LogP contribution in [0.3, 0.4) is 0 Å². The van der Waals surface area contributed by atoms with Crippen LogP contribution in [0.5, 0.6) is 6.01 Å². The Morgan fingerprint density at radius 3 is 2.71 bits per heavy atom. The van der Waals surface area contributed by atoms with Crippen LogP contribution in [-0.2, 0) is 6.18 Å². The van der Waals surface area contributed by atoms with Gasteiger partial charge in [0, 0.05) is 5.69 Å². The zero-order valence-electron chi connectivity index (χ0n) is 12.1. The molecule has 2 N–H and O–H groups in total. The first-order valence-electron chi connectivity index (χ1n) is 6.73. The number of hydrogen-bond acceptors (Lipinski definition) is 6. The number of ether oxygens (including phenoxy) is 1. The fraction of sp³-hybridized carbons (Fsp3) is 0.231. The lowest BCUT2D eigenvalue weighted by Gasteiger charge is -2.06. The van der Waals surface area contributed by atoms with Crippen LogP contribution >= 0.6 is 11.6 Å². The summed E-state index contributed by atoms with van der Waals surface area (Å²) in [7, 11) is 0. The van der Waals surface area contributed by atoms with E-state index in [-0.39, 0.29) is 28.3 Å². The third kappa shape index (κ3) is 3.48. The molecule has 0 aliphatic heterocycles. The van der Waals surface area contributed by atoms with Crippen LogP contribution in [0.15, 0.2) is 18.2 Å². The average Bonchev–Trinajstić information content (AvgIpc) is 2.90. The van der Waals surface area contributed by atoms with E-state index in [9.17, 15) is 13.2 Å². The van der Waals surface area contributed by atoms with Crippen molar-refractivity contribution in [2.24, 2.45) is 0 Å². The van der Waals surface area contributed by atoms with Crippen LogP contribution in [0.2, 0.25) is 5.28 Å². The molecule has 2 heterocycles. The summed E-state index contributed by atoms with van der Waals surface area (Å²) in [6.07, 6.45) is -4.54. The first-order valence-corrected chi connectivity index (χ1v) is 7.11. The molecule has 0 saturated heterocycles. The second-order valence-electron chi connectivity index (χ2n) is 4.58. The van der Waals surface area contributed by atoms with E-state index in [1.165, 1.54) is 12.1 Å². The van der Waals surface area contributed by atoms with Crippen molar-refractivity contribution in [3.63, 3.8) is 0 Å². The van der Waals surface area contributed by atoms with Gasteiger partial charge in [0.15, 0.2) is 0 Å². The highest BCUT2D eigenvalue weighted by Gasteiger charge is 2.34. The highest BCUT2D eigenvalue weighted by atomic mass is 35.5. The molecule has 0 unspecified atom stereocenters. The van der Waals surface area contributed by atoms with Gasteiger partial charge in [-0.15, -0.1) is 0 Å². The second kappa shape index (κ2) is 6.11. The largest absolute Gasteiger partial charge is 0.464 e. The van der Waals surface area contributed by atoms with Crippen LogP contribution in [0.1, 0.15) is 12.7 Å².